The second-order valence-corrected chi connectivity index (χ2v) is 3.63. The Bertz CT molecular complexity index is 170. The molecule has 0 aliphatic rings. The minimum atomic E-state index is -3.19. The number of rotatable bonds is 7. The highest BCUT2D eigenvalue weighted by Crippen LogP contribution is 2.11. The molecule has 0 saturated heterocycles. The smallest absolute Gasteiger partial charge is 0.371 e. The maximum Gasteiger partial charge on any atom is 0.791 e. The monoisotopic (exact) mass is 187 g/mol. The molecule has 0 fully saturated rings. The first-order valence-corrected chi connectivity index (χ1v) is 4.61. The summed E-state index contributed by atoms with van der Waals surface area (Å²) in [5, 5.41) is 9.39. The SMILES string of the molecule is C=C[Si](ON=C)(ON=C)ON=C. The normalized spacial score (nSPS) is 9.33. The molecule has 0 unspecified atom stereocenters. The van der Waals surface area contributed by atoms with E-state index in [1.165, 1.54) is 5.70 Å². The predicted octanol–water partition coefficient (Wildman–Crippen LogP) is 0.547. The molecular formula is C5H9N3O3Si. The van der Waals surface area contributed by atoms with Crippen molar-refractivity contribution in [1.29, 1.82) is 0 Å². The standard InChI is InChI=1S/C5H9N3O3Si/c1-5-12(9-6-2,10-7-3)11-8-4/h5H,1-4H2. The van der Waals surface area contributed by atoms with E-state index in [2.05, 4.69) is 55.8 Å². The average molecular weight is 187 g/mol. The first-order valence-electron chi connectivity index (χ1n) is 2.81. The molecule has 0 saturated carbocycles. The molecule has 0 spiro atoms. The highest BCUT2D eigenvalue weighted by molar-refractivity contribution is 6.66. The van der Waals surface area contributed by atoms with Gasteiger partial charge in [-0.05, 0) is 0 Å². The van der Waals surface area contributed by atoms with Crippen LogP contribution >= 0.6 is 0 Å². The summed E-state index contributed by atoms with van der Waals surface area (Å²) in [5.74, 6) is 0. The van der Waals surface area contributed by atoms with Crippen LogP contribution in [0.1, 0.15) is 0 Å². The van der Waals surface area contributed by atoms with E-state index in [1.807, 2.05) is 0 Å². The van der Waals surface area contributed by atoms with Gasteiger partial charge in [0.15, 0.2) is 0 Å². The molecule has 0 aliphatic carbocycles. The Morgan fingerprint density at radius 3 is 1.42 bits per heavy atom. The van der Waals surface area contributed by atoms with Crippen molar-refractivity contribution in [1.82, 2.24) is 0 Å². The molecule has 0 atom stereocenters. The lowest BCUT2D eigenvalue weighted by Crippen LogP contribution is -2.39. The molecule has 12 heavy (non-hydrogen) atoms. The maximum absolute atomic E-state index is 4.68. The van der Waals surface area contributed by atoms with Crippen molar-refractivity contribution in [3.8, 4) is 0 Å². The van der Waals surface area contributed by atoms with Crippen LogP contribution in [0.3, 0.4) is 0 Å². The minimum Gasteiger partial charge on any atom is -0.371 e. The summed E-state index contributed by atoms with van der Waals surface area (Å²) < 4.78 is 14.0. The van der Waals surface area contributed by atoms with Crippen molar-refractivity contribution in [2.24, 2.45) is 15.5 Å². The van der Waals surface area contributed by atoms with E-state index in [-0.39, 0.29) is 0 Å². The second-order valence-electron chi connectivity index (χ2n) is 1.47. The van der Waals surface area contributed by atoms with Gasteiger partial charge in [-0.2, -0.15) is 0 Å². The fourth-order valence-electron chi connectivity index (χ4n) is 0.432. The van der Waals surface area contributed by atoms with Crippen molar-refractivity contribution < 1.29 is 13.6 Å². The molecule has 0 radical (unpaired) electrons. The summed E-state index contributed by atoms with van der Waals surface area (Å²) in [6.07, 6.45) is 0. The quantitative estimate of drug-likeness (QED) is 0.332. The fourth-order valence-corrected chi connectivity index (χ4v) is 1.30. The molecule has 0 aromatic rings. The van der Waals surface area contributed by atoms with Crippen LogP contribution in [0.2, 0.25) is 0 Å². The van der Waals surface area contributed by atoms with Gasteiger partial charge in [-0.25, -0.2) is 0 Å². The van der Waals surface area contributed by atoms with Crippen LogP contribution in [0.25, 0.3) is 0 Å². The number of nitrogens with zero attached hydrogens (tertiary/aromatic N) is 3. The predicted molar refractivity (Wildman–Crippen MR) is 47.9 cm³/mol. The van der Waals surface area contributed by atoms with E-state index in [4.69, 9.17) is 0 Å². The third-order valence-corrected chi connectivity index (χ3v) is 2.48. The zero-order valence-electron chi connectivity index (χ0n) is 6.47. The Balaban J connectivity index is 4.45. The Hall–Kier alpha value is -1.63. The zero-order chi connectivity index (χ0) is 9.45. The highest BCUT2D eigenvalue weighted by Gasteiger charge is 2.48. The zero-order valence-corrected chi connectivity index (χ0v) is 7.47. The van der Waals surface area contributed by atoms with Crippen LogP contribution in [-0.4, -0.2) is 29.0 Å². The van der Waals surface area contributed by atoms with E-state index in [1.54, 1.807) is 0 Å². The van der Waals surface area contributed by atoms with Gasteiger partial charge < -0.3 is 13.6 Å². The van der Waals surface area contributed by atoms with Crippen LogP contribution in [0.4, 0.5) is 0 Å². The Kier molecular flexibility index (Phi) is 4.38. The highest BCUT2D eigenvalue weighted by atomic mass is 28.4. The largest absolute Gasteiger partial charge is 0.791 e. The number of hydrogen-bond donors (Lipinski definition) is 0. The molecule has 7 heteroatoms. The van der Waals surface area contributed by atoms with Gasteiger partial charge in [-0.1, -0.05) is 6.58 Å². The second kappa shape index (κ2) is 5.08. The van der Waals surface area contributed by atoms with E-state index in [0.29, 0.717) is 0 Å². The van der Waals surface area contributed by atoms with Crippen LogP contribution < -0.4 is 0 Å². The molecule has 0 rings (SSSR count). The number of hydrogen-bond acceptors (Lipinski definition) is 6. The van der Waals surface area contributed by atoms with Gasteiger partial charge in [0.05, 0.1) is 0 Å². The summed E-state index contributed by atoms with van der Waals surface area (Å²) in [6, 6.07) is 0. The van der Waals surface area contributed by atoms with Crippen molar-refractivity contribution in [2.75, 3.05) is 0 Å². The van der Waals surface area contributed by atoms with Crippen LogP contribution in [0, 0.1) is 0 Å². The first-order chi connectivity index (χ1) is 5.74. The van der Waals surface area contributed by atoms with Crippen molar-refractivity contribution >= 4 is 29.0 Å². The van der Waals surface area contributed by atoms with Gasteiger partial charge in [0.2, 0.25) is 0 Å². The van der Waals surface area contributed by atoms with Gasteiger partial charge in [0.25, 0.3) is 0 Å². The molecule has 0 heterocycles. The maximum atomic E-state index is 4.68. The Morgan fingerprint density at radius 2 is 1.25 bits per heavy atom. The summed E-state index contributed by atoms with van der Waals surface area (Å²) in [5.41, 5.74) is 1.27. The molecule has 6 nitrogen and oxygen atoms in total. The Labute approximate surface area is 71.1 Å². The summed E-state index contributed by atoms with van der Waals surface area (Å²) >= 11 is 0. The van der Waals surface area contributed by atoms with Gasteiger partial charge >= 0.3 is 8.80 Å². The lowest BCUT2D eigenvalue weighted by atomic mass is 11.3. The van der Waals surface area contributed by atoms with E-state index >= 15 is 0 Å². The van der Waals surface area contributed by atoms with Crippen molar-refractivity contribution in [3.63, 3.8) is 0 Å². The first kappa shape index (κ1) is 10.4. The number of oxime groups is 3. The summed E-state index contributed by atoms with van der Waals surface area (Å²) in [7, 11) is -3.19. The van der Waals surface area contributed by atoms with Gasteiger partial charge in [0, 0.05) is 25.9 Å². The van der Waals surface area contributed by atoms with Crippen LogP contribution in [0.5, 0.6) is 0 Å². The molecular weight excluding hydrogens is 178 g/mol. The lowest BCUT2D eigenvalue weighted by Gasteiger charge is -2.15. The summed E-state index contributed by atoms with van der Waals surface area (Å²) in [4.78, 5) is 0. The Morgan fingerprint density at radius 1 is 0.917 bits per heavy atom. The van der Waals surface area contributed by atoms with Crippen molar-refractivity contribution in [2.45, 2.75) is 0 Å². The molecule has 0 aromatic heterocycles. The minimum absolute atomic E-state index is 1.27. The van der Waals surface area contributed by atoms with Crippen LogP contribution in [0.15, 0.2) is 27.7 Å². The average Bonchev–Trinajstić information content (AvgIpc) is 2.06. The third-order valence-electron chi connectivity index (χ3n) is 0.825. The topological polar surface area (TPSA) is 64.8 Å². The van der Waals surface area contributed by atoms with Gasteiger partial charge in [-0.15, -0.1) is 15.5 Å². The van der Waals surface area contributed by atoms with Gasteiger partial charge in [-0.3, -0.25) is 0 Å². The molecule has 0 amide bonds. The van der Waals surface area contributed by atoms with Crippen molar-refractivity contribution in [3.05, 3.63) is 12.3 Å². The molecule has 66 valence electrons. The third kappa shape index (κ3) is 2.54. The van der Waals surface area contributed by atoms with E-state index in [0.717, 1.165) is 0 Å². The van der Waals surface area contributed by atoms with Gasteiger partial charge in [0.1, 0.15) is 0 Å². The van der Waals surface area contributed by atoms with E-state index in [9.17, 15) is 0 Å². The molecule has 0 bridgehead atoms. The lowest BCUT2D eigenvalue weighted by molar-refractivity contribution is 0.0820. The molecule has 0 aromatic carbocycles. The van der Waals surface area contributed by atoms with Crippen LogP contribution in [-0.2, 0) is 13.6 Å². The molecule has 0 aliphatic heterocycles. The van der Waals surface area contributed by atoms with E-state index < -0.39 is 8.80 Å². The fraction of sp³-hybridized carbons (Fsp3) is 0. The summed E-state index contributed by atoms with van der Waals surface area (Å²) in [6.45, 7) is 12.7. The molecule has 0 N–H and O–H groups in total.